The van der Waals surface area contributed by atoms with Crippen LogP contribution in [0.4, 0.5) is 23.4 Å². The van der Waals surface area contributed by atoms with E-state index < -0.39 is 17.7 Å². The van der Waals surface area contributed by atoms with Gasteiger partial charge >= 0.3 is 6.18 Å². The Balaban J connectivity index is 1.41. The van der Waals surface area contributed by atoms with E-state index in [9.17, 15) is 22.4 Å². The monoisotopic (exact) mass is 472 g/mol. The molecule has 2 aromatic heterocycles. The van der Waals surface area contributed by atoms with Gasteiger partial charge in [0, 0.05) is 26.0 Å². The molecule has 0 radical (unpaired) electrons. The van der Waals surface area contributed by atoms with Crippen molar-refractivity contribution in [2.75, 3.05) is 18.5 Å². The number of carbonyl (C=O) groups excluding carboxylic acids is 1. The number of likely N-dealkylation sites (tertiary alicyclic amines) is 1. The first-order valence-electron chi connectivity index (χ1n) is 10.7. The van der Waals surface area contributed by atoms with Crippen LogP contribution in [0.2, 0.25) is 0 Å². The molecule has 2 bridgehead atoms. The number of aromatic nitrogens is 4. The summed E-state index contributed by atoms with van der Waals surface area (Å²) in [5, 5.41) is 0. The summed E-state index contributed by atoms with van der Waals surface area (Å²) in [5.74, 6) is -0.265. The molecular formula is C23H20F4N6O. The van der Waals surface area contributed by atoms with E-state index in [2.05, 4.69) is 19.9 Å². The fourth-order valence-electron chi connectivity index (χ4n) is 4.97. The minimum Gasteiger partial charge on any atom is -0.353 e. The van der Waals surface area contributed by atoms with Gasteiger partial charge in [-0.2, -0.15) is 13.2 Å². The van der Waals surface area contributed by atoms with Crippen molar-refractivity contribution in [1.29, 1.82) is 0 Å². The van der Waals surface area contributed by atoms with E-state index in [1.54, 1.807) is 29.0 Å². The molecule has 5 rings (SSSR count). The summed E-state index contributed by atoms with van der Waals surface area (Å²) in [7, 11) is 1.73. The minimum absolute atomic E-state index is 0.0504. The van der Waals surface area contributed by atoms with Crippen molar-refractivity contribution in [2.45, 2.75) is 31.1 Å². The molecule has 1 aromatic carbocycles. The highest BCUT2D eigenvalue weighted by molar-refractivity contribution is 6.00. The first kappa shape index (κ1) is 22.2. The highest BCUT2D eigenvalue weighted by atomic mass is 19.4. The lowest BCUT2D eigenvalue weighted by Crippen LogP contribution is -2.51. The van der Waals surface area contributed by atoms with E-state index in [1.807, 2.05) is 0 Å². The molecule has 1 saturated carbocycles. The van der Waals surface area contributed by atoms with Crippen LogP contribution < -0.4 is 4.90 Å². The van der Waals surface area contributed by atoms with Gasteiger partial charge in [-0.25, -0.2) is 24.3 Å². The number of nitrogens with zero attached hydrogens (tertiary/aromatic N) is 6. The van der Waals surface area contributed by atoms with E-state index >= 15 is 0 Å². The van der Waals surface area contributed by atoms with Crippen LogP contribution in [0.15, 0.2) is 49.1 Å². The lowest BCUT2D eigenvalue weighted by molar-refractivity contribution is -0.141. The summed E-state index contributed by atoms with van der Waals surface area (Å²) in [4.78, 5) is 32.7. The van der Waals surface area contributed by atoms with Crippen LogP contribution >= 0.6 is 0 Å². The highest BCUT2D eigenvalue weighted by Gasteiger charge is 2.49. The van der Waals surface area contributed by atoms with Gasteiger partial charge in [0.2, 0.25) is 0 Å². The molecule has 34 heavy (non-hydrogen) atoms. The number of alkyl halides is 3. The summed E-state index contributed by atoms with van der Waals surface area (Å²) in [6, 6.07) is 5.56. The number of anilines is 1. The number of benzene rings is 1. The lowest BCUT2D eigenvalue weighted by Gasteiger charge is -2.38. The third-order valence-electron chi connectivity index (χ3n) is 6.53. The van der Waals surface area contributed by atoms with Crippen LogP contribution in [0, 0.1) is 11.7 Å². The molecule has 3 aromatic rings. The summed E-state index contributed by atoms with van der Waals surface area (Å²) >= 11 is 0. The summed E-state index contributed by atoms with van der Waals surface area (Å²) < 4.78 is 53.3. The van der Waals surface area contributed by atoms with Crippen molar-refractivity contribution in [2.24, 2.45) is 5.92 Å². The second kappa shape index (κ2) is 8.30. The third kappa shape index (κ3) is 3.84. The van der Waals surface area contributed by atoms with E-state index in [0.717, 1.165) is 19.0 Å². The van der Waals surface area contributed by atoms with Crippen molar-refractivity contribution in [1.82, 2.24) is 24.8 Å². The van der Waals surface area contributed by atoms with Gasteiger partial charge < -0.3 is 9.80 Å². The lowest BCUT2D eigenvalue weighted by atomic mass is 10.0. The second-order valence-corrected chi connectivity index (χ2v) is 8.53. The zero-order valence-electron chi connectivity index (χ0n) is 18.1. The predicted octanol–water partition coefficient (Wildman–Crippen LogP) is 3.83. The Morgan fingerprint density at radius 1 is 1.06 bits per heavy atom. The van der Waals surface area contributed by atoms with Crippen molar-refractivity contribution in [3.63, 3.8) is 0 Å². The van der Waals surface area contributed by atoms with E-state index in [-0.39, 0.29) is 40.9 Å². The second-order valence-electron chi connectivity index (χ2n) is 8.53. The number of carbonyl (C=O) groups is 1. The van der Waals surface area contributed by atoms with Gasteiger partial charge in [0.1, 0.15) is 11.6 Å². The standard InChI is InChI=1S/C23H20F4N6O/c1-32(19-11-30-18(10-31-19)23(25,26)27)16-8-13-9-17(16)33(12-13)22(34)14-4-2-5-15(24)20(14)21-28-6-3-7-29-21/h2-7,10-11,13,16-17H,8-9,12H2,1H3. The number of likely N-dealkylation sites (N-methyl/N-ethyl adjacent to an activating group) is 1. The molecule has 3 heterocycles. The predicted molar refractivity (Wildman–Crippen MR) is 114 cm³/mol. The van der Waals surface area contributed by atoms with Crippen molar-refractivity contribution < 1.29 is 22.4 Å². The fourth-order valence-corrected chi connectivity index (χ4v) is 4.97. The molecule has 0 N–H and O–H groups in total. The van der Waals surface area contributed by atoms with Gasteiger partial charge in [-0.3, -0.25) is 4.79 Å². The SMILES string of the molecule is CN(c1cnc(C(F)(F)F)cn1)C1CC2CC1N(C(=O)c1cccc(F)c1-c1ncccn1)C2. The Labute approximate surface area is 192 Å². The summed E-state index contributed by atoms with van der Waals surface area (Å²) in [6.07, 6.45) is 1.73. The molecule has 1 aliphatic carbocycles. The average molecular weight is 472 g/mol. The first-order valence-corrected chi connectivity index (χ1v) is 10.7. The quantitative estimate of drug-likeness (QED) is 0.538. The number of halogens is 4. The van der Waals surface area contributed by atoms with Gasteiger partial charge in [0.05, 0.1) is 35.6 Å². The van der Waals surface area contributed by atoms with E-state index in [1.165, 1.54) is 24.5 Å². The van der Waals surface area contributed by atoms with Crippen LogP contribution in [-0.4, -0.2) is 56.4 Å². The highest BCUT2D eigenvalue weighted by Crippen LogP contribution is 2.42. The largest absolute Gasteiger partial charge is 0.434 e. The number of fused-ring (bicyclic) bond motifs is 2. The summed E-state index contributed by atoms with van der Waals surface area (Å²) in [6.45, 7) is 0.526. The maximum atomic E-state index is 14.8. The molecule has 2 aliphatic rings. The van der Waals surface area contributed by atoms with Gasteiger partial charge in [0.15, 0.2) is 11.5 Å². The average Bonchev–Trinajstić information content (AvgIpc) is 3.44. The van der Waals surface area contributed by atoms with Crippen LogP contribution in [0.1, 0.15) is 28.9 Å². The molecular weight excluding hydrogens is 452 g/mol. The molecule has 7 nitrogen and oxygen atoms in total. The fraction of sp³-hybridized carbons (Fsp3) is 0.348. The minimum atomic E-state index is -4.56. The van der Waals surface area contributed by atoms with Gasteiger partial charge in [-0.1, -0.05) is 6.07 Å². The van der Waals surface area contributed by atoms with Crippen LogP contribution in [0.25, 0.3) is 11.4 Å². The number of hydrogen-bond donors (Lipinski definition) is 0. The van der Waals surface area contributed by atoms with Crippen molar-refractivity contribution in [3.05, 3.63) is 66.1 Å². The van der Waals surface area contributed by atoms with Gasteiger partial charge in [0.25, 0.3) is 5.91 Å². The number of amides is 1. The Kier molecular flexibility index (Phi) is 5.41. The Morgan fingerprint density at radius 3 is 2.47 bits per heavy atom. The molecule has 1 aliphatic heterocycles. The van der Waals surface area contributed by atoms with E-state index in [4.69, 9.17) is 0 Å². The normalized spacial score (nSPS) is 21.7. The third-order valence-corrected chi connectivity index (χ3v) is 6.53. The summed E-state index contributed by atoms with van der Waals surface area (Å²) in [5.41, 5.74) is -0.833. The molecule has 2 fully saturated rings. The van der Waals surface area contributed by atoms with Crippen LogP contribution in [0.3, 0.4) is 0 Å². The topological polar surface area (TPSA) is 75.1 Å². The first-order chi connectivity index (χ1) is 16.2. The van der Waals surface area contributed by atoms with Gasteiger partial charge in [-0.05, 0) is 37.0 Å². The maximum absolute atomic E-state index is 14.8. The Bertz CT molecular complexity index is 1200. The number of rotatable bonds is 4. The van der Waals surface area contributed by atoms with Crippen molar-refractivity contribution >= 4 is 11.7 Å². The molecule has 3 unspecified atom stereocenters. The Morgan fingerprint density at radius 2 is 1.82 bits per heavy atom. The number of piperidine rings is 1. The van der Waals surface area contributed by atoms with E-state index in [0.29, 0.717) is 18.6 Å². The van der Waals surface area contributed by atoms with Gasteiger partial charge in [-0.15, -0.1) is 0 Å². The molecule has 1 saturated heterocycles. The Hall–Kier alpha value is -3.63. The van der Waals surface area contributed by atoms with Crippen LogP contribution in [-0.2, 0) is 6.18 Å². The molecule has 176 valence electrons. The van der Waals surface area contributed by atoms with Crippen molar-refractivity contribution in [3.8, 4) is 11.4 Å². The molecule has 11 heteroatoms. The zero-order chi connectivity index (χ0) is 24.0. The molecule has 0 spiro atoms. The maximum Gasteiger partial charge on any atom is 0.434 e. The molecule has 3 atom stereocenters. The smallest absolute Gasteiger partial charge is 0.353 e. The zero-order valence-corrected chi connectivity index (χ0v) is 18.1. The van der Waals surface area contributed by atoms with Crippen LogP contribution in [0.5, 0.6) is 0 Å². The molecule has 1 amide bonds. The number of hydrogen-bond acceptors (Lipinski definition) is 6.